The number of ether oxygens (including phenoxy) is 1. The molecule has 0 N–H and O–H groups in total. The zero-order valence-corrected chi connectivity index (χ0v) is 13.5. The fraction of sp³-hybridized carbons (Fsp3) is 0.158. The molecule has 0 amide bonds. The number of benzene rings is 2. The molecule has 0 fully saturated rings. The molecule has 6 heteroatoms. The number of carbonyl (C=O) groups excluding carboxylic acids is 1. The van der Waals surface area contributed by atoms with Gasteiger partial charge in [-0.1, -0.05) is 30.3 Å². The van der Waals surface area contributed by atoms with Crippen molar-refractivity contribution in [3.63, 3.8) is 0 Å². The smallest absolute Gasteiger partial charge is 0.360 e. The molecular formula is C19H15F2NO3. The first kappa shape index (κ1) is 16.8. The van der Waals surface area contributed by atoms with Crippen LogP contribution in [0.4, 0.5) is 8.78 Å². The highest BCUT2D eigenvalue weighted by atomic mass is 19.1. The van der Waals surface area contributed by atoms with Crippen molar-refractivity contribution >= 4 is 5.97 Å². The van der Waals surface area contributed by atoms with E-state index in [1.54, 1.807) is 6.92 Å². The maximum absolute atomic E-state index is 14.0. The molecule has 0 saturated heterocycles. The first-order valence-electron chi connectivity index (χ1n) is 7.74. The number of rotatable bonds is 5. The minimum absolute atomic E-state index is 0.0376. The lowest BCUT2D eigenvalue weighted by molar-refractivity contribution is 0.0518. The number of carbonyl (C=O) groups is 1. The Bertz CT molecular complexity index is 891. The molecule has 4 nitrogen and oxygen atoms in total. The van der Waals surface area contributed by atoms with Crippen LogP contribution < -0.4 is 0 Å². The number of halogens is 2. The molecule has 2 aromatic carbocycles. The Morgan fingerprint density at radius 3 is 2.64 bits per heavy atom. The monoisotopic (exact) mass is 343 g/mol. The Hall–Kier alpha value is -3.02. The maximum Gasteiger partial charge on any atom is 0.360 e. The summed E-state index contributed by atoms with van der Waals surface area (Å²) < 4.78 is 38.0. The molecule has 0 saturated carbocycles. The van der Waals surface area contributed by atoms with Gasteiger partial charge in [-0.25, -0.2) is 18.6 Å². The number of aromatic nitrogens is 1. The first-order chi connectivity index (χ1) is 12.1. The molecule has 1 heterocycles. The summed E-state index contributed by atoms with van der Waals surface area (Å²) in [5.41, 5.74) is 0.699. The van der Waals surface area contributed by atoms with Crippen molar-refractivity contribution in [2.24, 2.45) is 0 Å². The van der Waals surface area contributed by atoms with Gasteiger partial charge in [0.05, 0.1) is 12.2 Å². The van der Waals surface area contributed by atoms with E-state index in [1.165, 1.54) is 0 Å². The second-order valence-corrected chi connectivity index (χ2v) is 5.30. The summed E-state index contributed by atoms with van der Waals surface area (Å²) in [6.45, 7) is 1.84. The fourth-order valence-corrected chi connectivity index (χ4v) is 2.39. The predicted octanol–water partition coefficient (Wildman–Crippen LogP) is 4.39. The second kappa shape index (κ2) is 7.25. The normalized spacial score (nSPS) is 10.7. The average molecular weight is 343 g/mol. The quantitative estimate of drug-likeness (QED) is 0.645. The minimum Gasteiger partial charge on any atom is -0.461 e. The number of nitrogens with zero attached hydrogens (tertiary/aromatic N) is 1. The van der Waals surface area contributed by atoms with Crippen molar-refractivity contribution in [3.05, 3.63) is 77.2 Å². The van der Waals surface area contributed by atoms with Crippen LogP contribution in [0.25, 0.3) is 11.5 Å². The van der Waals surface area contributed by atoms with Gasteiger partial charge in [0.1, 0.15) is 17.4 Å². The highest BCUT2D eigenvalue weighted by Crippen LogP contribution is 2.27. The van der Waals surface area contributed by atoms with E-state index in [2.05, 4.69) is 4.98 Å². The summed E-state index contributed by atoms with van der Waals surface area (Å²) in [5.74, 6) is -1.91. The van der Waals surface area contributed by atoms with Crippen LogP contribution in [0, 0.1) is 11.6 Å². The highest BCUT2D eigenvalue weighted by molar-refractivity contribution is 5.89. The first-order valence-corrected chi connectivity index (χ1v) is 7.74. The van der Waals surface area contributed by atoms with E-state index in [0.717, 1.165) is 23.8 Å². The molecule has 3 aromatic rings. The van der Waals surface area contributed by atoms with Gasteiger partial charge in [0.2, 0.25) is 5.89 Å². The summed E-state index contributed by atoms with van der Waals surface area (Å²) in [7, 11) is 0. The van der Waals surface area contributed by atoms with E-state index in [1.807, 2.05) is 30.3 Å². The zero-order chi connectivity index (χ0) is 17.8. The Morgan fingerprint density at radius 2 is 1.92 bits per heavy atom. The molecule has 0 aliphatic heterocycles. The molecule has 0 aliphatic rings. The van der Waals surface area contributed by atoms with Gasteiger partial charge in [0.15, 0.2) is 5.69 Å². The van der Waals surface area contributed by atoms with E-state index >= 15 is 0 Å². The van der Waals surface area contributed by atoms with Gasteiger partial charge in [-0.15, -0.1) is 0 Å². The van der Waals surface area contributed by atoms with E-state index in [0.29, 0.717) is 0 Å². The lowest BCUT2D eigenvalue weighted by Gasteiger charge is -2.01. The van der Waals surface area contributed by atoms with Gasteiger partial charge in [-0.3, -0.25) is 0 Å². The molecule has 0 atom stereocenters. The SMILES string of the molecule is CCOC(=O)c1nc(-c2cc(F)ccc2F)oc1Cc1ccccc1. The Kier molecular flexibility index (Phi) is 4.88. The van der Waals surface area contributed by atoms with Gasteiger partial charge in [-0.2, -0.15) is 0 Å². The third-order valence-corrected chi connectivity index (χ3v) is 3.53. The molecule has 0 aliphatic carbocycles. The lowest BCUT2D eigenvalue weighted by atomic mass is 10.1. The molecule has 0 unspecified atom stereocenters. The van der Waals surface area contributed by atoms with Crippen LogP contribution in [-0.4, -0.2) is 17.6 Å². The summed E-state index contributed by atoms with van der Waals surface area (Å²) in [4.78, 5) is 16.2. The van der Waals surface area contributed by atoms with Crippen LogP contribution in [0.15, 0.2) is 52.9 Å². The largest absolute Gasteiger partial charge is 0.461 e. The standard InChI is InChI=1S/C19H15F2NO3/c1-2-24-19(23)17-16(10-12-6-4-3-5-7-12)25-18(22-17)14-11-13(20)8-9-15(14)21/h3-9,11H,2,10H2,1H3. The van der Waals surface area contributed by atoms with Crippen LogP contribution >= 0.6 is 0 Å². The van der Waals surface area contributed by atoms with Crippen molar-refractivity contribution in [2.75, 3.05) is 6.61 Å². The van der Waals surface area contributed by atoms with Gasteiger partial charge in [0, 0.05) is 6.42 Å². The Morgan fingerprint density at radius 1 is 1.16 bits per heavy atom. The molecule has 128 valence electrons. The summed E-state index contributed by atoms with van der Waals surface area (Å²) >= 11 is 0. The number of hydrogen-bond donors (Lipinski definition) is 0. The topological polar surface area (TPSA) is 52.3 Å². The number of oxazole rings is 1. The highest BCUT2D eigenvalue weighted by Gasteiger charge is 2.23. The average Bonchev–Trinajstić information content (AvgIpc) is 3.02. The minimum atomic E-state index is -0.690. The molecule has 3 rings (SSSR count). The van der Waals surface area contributed by atoms with Crippen LogP contribution in [-0.2, 0) is 11.2 Å². The van der Waals surface area contributed by atoms with E-state index < -0.39 is 17.6 Å². The van der Waals surface area contributed by atoms with E-state index in [9.17, 15) is 13.6 Å². The van der Waals surface area contributed by atoms with E-state index in [-0.39, 0.29) is 35.9 Å². The van der Waals surface area contributed by atoms with Crippen LogP contribution in [0.1, 0.15) is 28.7 Å². The fourth-order valence-electron chi connectivity index (χ4n) is 2.39. The van der Waals surface area contributed by atoms with E-state index in [4.69, 9.17) is 9.15 Å². The second-order valence-electron chi connectivity index (χ2n) is 5.30. The summed E-state index contributed by atoms with van der Waals surface area (Å²) in [5, 5.41) is 0. The van der Waals surface area contributed by atoms with Crippen molar-refractivity contribution in [3.8, 4) is 11.5 Å². The Labute approximate surface area is 143 Å². The number of hydrogen-bond acceptors (Lipinski definition) is 4. The molecule has 25 heavy (non-hydrogen) atoms. The molecular weight excluding hydrogens is 328 g/mol. The van der Waals surface area contributed by atoms with Crippen molar-refractivity contribution in [1.29, 1.82) is 0 Å². The summed E-state index contributed by atoms with van der Waals surface area (Å²) in [6.07, 6.45) is 0.277. The maximum atomic E-state index is 14.0. The molecule has 0 radical (unpaired) electrons. The third-order valence-electron chi connectivity index (χ3n) is 3.53. The van der Waals surface area contributed by atoms with Crippen LogP contribution in [0.3, 0.4) is 0 Å². The van der Waals surface area contributed by atoms with Gasteiger partial charge >= 0.3 is 5.97 Å². The molecule has 0 bridgehead atoms. The van der Waals surface area contributed by atoms with Crippen molar-refractivity contribution < 1.29 is 22.7 Å². The van der Waals surface area contributed by atoms with Crippen molar-refractivity contribution in [1.82, 2.24) is 4.98 Å². The number of esters is 1. The van der Waals surface area contributed by atoms with Gasteiger partial charge < -0.3 is 9.15 Å². The van der Waals surface area contributed by atoms with Crippen LogP contribution in [0.5, 0.6) is 0 Å². The van der Waals surface area contributed by atoms with Gasteiger partial charge in [-0.05, 0) is 30.7 Å². The zero-order valence-electron chi connectivity index (χ0n) is 13.5. The lowest BCUT2D eigenvalue weighted by Crippen LogP contribution is -2.08. The third kappa shape index (κ3) is 3.74. The molecule has 1 aromatic heterocycles. The Balaban J connectivity index is 2.05. The van der Waals surface area contributed by atoms with Crippen molar-refractivity contribution in [2.45, 2.75) is 13.3 Å². The summed E-state index contributed by atoms with van der Waals surface area (Å²) in [6, 6.07) is 12.2. The molecule has 0 spiro atoms. The van der Waals surface area contributed by atoms with Gasteiger partial charge in [0.25, 0.3) is 0 Å². The van der Waals surface area contributed by atoms with Crippen LogP contribution in [0.2, 0.25) is 0 Å². The predicted molar refractivity (Wildman–Crippen MR) is 87.1 cm³/mol.